The minimum atomic E-state index is 0.138. The standard InChI is InChI=1S/C13H8N6O/c14-7-12-13(17-5-4-16-12)20-11-3-1-2-10(6-11)19-9-15-8-18-19/h1-6,8-9H. The Kier molecular flexibility index (Phi) is 3.04. The molecule has 0 saturated carbocycles. The van der Waals surface area contributed by atoms with E-state index in [-0.39, 0.29) is 11.6 Å². The van der Waals surface area contributed by atoms with Crippen LogP contribution >= 0.6 is 0 Å². The molecule has 0 spiro atoms. The summed E-state index contributed by atoms with van der Waals surface area (Å²) in [6, 6.07) is 9.14. The van der Waals surface area contributed by atoms with Crippen molar-refractivity contribution in [2.24, 2.45) is 0 Å². The van der Waals surface area contributed by atoms with Crippen LogP contribution in [-0.2, 0) is 0 Å². The molecular weight excluding hydrogens is 256 g/mol. The predicted octanol–water partition coefficient (Wildman–Crippen LogP) is 1.72. The van der Waals surface area contributed by atoms with Gasteiger partial charge in [0.1, 0.15) is 24.5 Å². The molecule has 0 atom stereocenters. The molecule has 7 heteroatoms. The van der Waals surface area contributed by atoms with Crippen LogP contribution in [0.3, 0.4) is 0 Å². The highest BCUT2D eigenvalue weighted by Crippen LogP contribution is 2.23. The van der Waals surface area contributed by atoms with Crippen LogP contribution in [0.1, 0.15) is 5.69 Å². The van der Waals surface area contributed by atoms with E-state index in [4.69, 9.17) is 10.00 Å². The highest BCUT2D eigenvalue weighted by Gasteiger charge is 2.07. The second-order valence-corrected chi connectivity index (χ2v) is 3.76. The van der Waals surface area contributed by atoms with E-state index in [1.165, 1.54) is 18.7 Å². The van der Waals surface area contributed by atoms with E-state index in [0.29, 0.717) is 5.75 Å². The van der Waals surface area contributed by atoms with Crippen LogP contribution in [-0.4, -0.2) is 24.7 Å². The summed E-state index contributed by atoms with van der Waals surface area (Å²) in [7, 11) is 0. The Morgan fingerprint density at radius 1 is 1.20 bits per heavy atom. The Balaban J connectivity index is 1.92. The topological polar surface area (TPSA) is 89.5 Å². The lowest BCUT2D eigenvalue weighted by molar-refractivity contribution is 0.457. The summed E-state index contributed by atoms with van der Waals surface area (Å²) in [4.78, 5) is 11.8. The minimum Gasteiger partial charge on any atom is -0.436 e. The molecule has 3 rings (SSSR count). The van der Waals surface area contributed by atoms with E-state index in [1.807, 2.05) is 18.2 Å². The second-order valence-electron chi connectivity index (χ2n) is 3.76. The van der Waals surface area contributed by atoms with Crippen LogP contribution in [0.2, 0.25) is 0 Å². The maximum atomic E-state index is 8.95. The largest absolute Gasteiger partial charge is 0.436 e. The molecule has 0 aliphatic rings. The van der Waals surface area contributed by atoms with Crippen molar-refractivity contribution in [2.75, 3.05) is 0 Å². The van der Waals surface area contributed by atoms with Crippen LogP contribution in [0, 0.1) is 11.3 Å². The smallest absolute Gasteiger partial charge is 0.256 e. The lowest BCUT2D eigenvalue weighted by Gasteiger charge is -2.07. The van der Waals surface area contributed by atoms with E-state index >= 15 is 0 Å². The third-order valence-electron chi connectivity index (χ3n) is 2.49. The first-order valence-electron chi connectivity index (χ1n) is 5.71. The third-order valence-corrected chi connectivity index (χ3v) is 2.49. The van der Waals surface area contributed by atoms with Crippen molar-refractivity contribution in [1.82, 2.24) is 24.7 Å². The summed E-state index contributed by atoms with van der Waals surface area (Å²) in [6.45, 7) is 0. The van der Waals surface area contributed by atoms with Gasteiger partial charge in [-0.1, -0.05) is 6.07 Å². The molecule has 0 amide bonds. The molecule has 96 valence electrons. The first kappa shape index (κ1) is 11.8. The van der Waals surface area contributed by atoms with Gasteiger partial charge in [-0.25, -0.2) is 19.6 Å². The molecule has 0 saturated heterocycles. The molecule has 0 fully saturated rings. The number of hydrogen-bond acceptors (Lipinski definition) is 6. The molecular formula is C13H8N6O. The average Bonchev–Trinajstić information content (AvgIpc) is 3.02. The quantitative estimate of drug-likeness (QED) is 0.715. The molecule has 0 radical (unpaired) electrons. The van der Waals surface area contributed by atoms with Crippen molar-refractivity contribution in [2.45, 2.75) is 0 Å². The Labute approximate surface area is 114 Å². The van der Waals surface area contributed by atoms with Crippen molar-refractivity contribution < 1.29 is 4.74 Å². The van der Waals surface area contributed by atoms with Crippen LogP contribution in [0.5, 0.6) is 11.6 Å². The molecule has 0 N–H and O–H groups in total. The zero-order valence-corrected chi connectivity index (χ0v) is 10.2. The highest BCUT2D eigenvalue weighted by molar-refractivity contribution is 5.41. The SMILES string of the molecule is N#Cc1nccnc1Oc1cccc(-n2cncn2)c1. The summed E-state index contributed by atoms with van der Waals surface area (Å²) >= 11 is 0. The van der Waals surface area contributed by atoms with Crippen molar-refractivity contribution >= 4 is 0 Å². The normalized spacial score (nSPS) is 9.95. The predicted molar refractivity (Wildman–Crippen MR) is 68.2 cm³/mol. The Morgan fingerprint density at radius 2 is 2.10 bits per heavy atom. The van der Waals surface area contributed by atoms with Gasteiger partial charge in [-0.15, -0.1) is 0 Å². The maximum absolute atomic E-state index is 8.95. The maximum Gasteiger partial charge on any atom is 0.256 e. The number of ether oxygens (including phenoxy) is 1. The molecule has 7 nitrogen and oxygen atoms in total. The van der Waals surface area contributed by atoms with Crippen LogP contribution < -0.4 is 4.74 Å². The van der Waals surface area contributed by atoms with Gasteiger partial charge in [-0.05, 0) is 12.1 Å². The molecule has 0 aliphatic heterocycles. The fourth-order valence-electron chi connectivity index (χ4n) is 1.62. The van der Waals surface area contributed by atoms with E-state index < -0.39 is 0 Å². The first-order valence-corrected chi connectivity index (χ1v) is 5.71. The minimum absolute atomic E-state index is 0.138. The number of hydrogen-bond donors (Lipinski definition) is 0. The van der Waals surface area contributed by atoms with Crippen LogP contribution in [0.15, 0.2) is 49.3 Å². The summed E-state index contributed by atoms with van der Waals surface area (Å²) in [5.41, 5.74) is 0.932. The Morgan fingerprint density at radius 3 is 2.90 bits per heavy atom. The molecule has 1 aromatic carbocycles. The number of rotatable bonds is 3. The summed E-state index contributed by atoms with van der Waals surface area (Å²) in [5, 5.41) is 13.0. The number of nitriles is 1. The molecule has 0 bridgehead atoms. The molecule has 20 heavy (non-hydrogen) atoms. The van der Waals surface area contributed by atoms with Crippen molar-refractivity contribution in [3.63, 3.8) is 0 Å². The van der Waals surface area contributed by atoms with Crippen molar-refractivity contribution in [3.8, 4) is 23.4 Å². The van der Waals surface area contributed by atoms with Gasteiger partial charge in [0.2, 0.25) is 5.69 Å². The third kappa shape index (κ3) is 2.30. The Hall–Kier alpha value is -3.27. The fraction of sp³-hybridized carbons (Fsp3) is 0. The highest BCUT2D eigenvalue weighted by atomic mass is 16.5. The van der Waals surface area contributed by atoms with Gasteiger partial charge in [-0.3, -0.25) is 0 Å². The van der Waals surface area contributed by atoms with Gasteiger partial charge in [0.05, 0.1) is 5.69 Å². The summed E-state index contributed by atoms with van der Waals surface area (Å²) in [6.07, 6.45) is 5.95. The lowest BCUT2D eigenvalue weighted by atomic mass is 10.3. The van der Waals surface area contributed by atoms with Gasteiger partial charge in [-0.2, -0.15) is 10.4 Å². The van der Waals surface area contributed by atoms with Crippen LogP contribution in [0.4, 0.5) is 0 Å². The molecule has 0 unspecified atom stereocenters. The molecule has 2 heterocycles. The number of aromatic nitrogens is 5. The van der Waals surface area contributed by atoms with Crippen molar-refractivity contribution in [1.29, 1.82) is 5.26 Å². The summed E-state index contributed by atoms with van der Waals surface area (Å²) in [5.74, 6) is 0.709. The van der Waals surface area contributed by atoms with Crippen LogP contribution in [0.25, 0.3) is 5.69 Å². The zero-order chi connectivity index (χ0) is 13.8. The second kappa shape index (κ2) is 5.16. The molecule has 0 aliphatic carbocycles. The monoisotopic (exact) mass is 264 g/mol. The first-order chi connectivity index (χ1) is 9.86. The fourth-order valence-corrected chi connectivity index (χ4v) is 1.62. The van der Waals surface area contributed by atoms with Gasteiger partial charge in [0.25, 0.3) is 5.88 Å². The van der Waals surface area contributed by atoms with E-state index in [1.54, 1.807) is 23.1 Å². The summed E-state index contributed by atoms with van der Waals surface area (Å²) < 4.78 is 7.19. The van der Waals surface area contributed by atoms with Gasteiger partial charge >= 0.3 is 0 Å². The molecule has 3 aromatic rings. The van der Waals surface area contributed by atoms with Gasteiger partial charge < -0.3 is 4.74 Å². The zero-order valence-electron chi connectivity index (χ0n) is 10.2. The van der Waals surface area contributed by atoms with Gasteiger partial charge in [0, 0.05) is 18.5 Å². The Bertz CT molecular complexity index is 763. The van der Waals surface area contributed by atoms with E-state index in [0.717, 1.165) is 5.69 Å². The lowest BCUT2D eigenvalue weighted by Crippen LogP contribution is -1.97. The molecule has 2 aromatic heterocycles. The van der Waals surface area contributed by atoms with Crippen molar-refractivity contribution in [3.05, 3.63) is 55.0 Å². The van der Waals surface area contributed by atoms with E-state index in [9.17, 15) is 0 Å². The van der Waals surface area contributed by atoms with E-state index in [2.05, 4.69) is 20.1 Å². The number of benzene rings is 1. The average molecular weight is 264 g/mol. The number of nitrogens with zero attached hydrogens (tertiary/aromatic N) is 6. The van der Waals surface area contributed by atoms with Gasteiger partial charge in [0.15, 0.2) is 0 Å².